The molecule has 0 aromatic carbocycles. The van der Waals surface area contributed by atoms with E-state index in [1.54, 1.807) is 29.1 Å². The minimum absolute atomic E-state index is 0.123. The number of amides is 1. The molecule has 0 N–H and O–H groups in total. The molecular formula is C19H25N3O3S2. The summed E-state index contributed by atoms with van der Waals surface area (Å²) >= 11 is 1.66. The summed E-state index contributed by atoms with van der Waals surface area (Å²) in [4.78, 5) is 20.5. The number of sulfone groups is 1. The molecule has 0 unspecified atom stereocenters. The van der Waals surface area contributed by atoms with Crippen LogP contribution in [0, 0.1) is 0 Å². The Morgan fingerprint density at radius 2 is 1.96 bits per heavy atom. The lowest BCUT2D eigenvalue weighted by molar-refractivity contribution is -0.138. The SMILES string of the molecule is Cn1ccnc1S(=O)(=O)C1CCN(C(=O)C2(c3cccs3)CCCC2)CC1. The number of nitrogens with zero attached hydrogens (tertiary/aromatic N) is 3. The first-order chi connectivity index (χ1) is 12.9. The third-order valence-electron chi connectivity index (χ3n) is 6.06. The maximum absolute atomic E-state index is 13.4. The molecule has 27 heavy (non-hydrogen) atoms. The standard InChI is InChI=1S/C19H25N3O3S2/c1-21-13-10-20-18(21)27(24,25)15-6-11-22(12-7-15)17(23)19(8-2-3-9-19)16-5-4-14-26-16/h4-5,10,13-15H,2-3,6-9,11-12H2,1H3. The number of rotatable bonds is 4. The molecule has 1 amide bonds. The monoisotopic (exact) mass is 407 g/mol. The van der Waals surface area contributed by atoms with E-state index < -0.39 is 15.1 Å². The van der Waals surface area contributed by atoms with Crippen LogP contribution >= 0.6 is 11.3 Å². The second-order valence-corrected chi connectivity index (χ2v) is 10.7. The molecule has 1 aliphatic carbocycles. The number of aryl methyl sites for hydroxylation is 1. The second kappa shape index (κ2) is 7.05. The molecule has 2 fully saturated rings. The van der Waals surface area contributed by atoms with Crippen molar-refractivity contribution in [2.45, 2.75) is 54.3 Å². The van der Waals surface area contributed by atoms with Gasteiger partial charge < -0.3 is 9.47 Å². The molecule has 2 aliphatic rings. The molecule has 2 aromatic rings. The predicted octanol–water partition coefficient (Wildman–Crippen LogP) is 2.76. The van der Waals surface area contributed by atoms with Gasteiger partial charge >= 0.3 is 0 Å². The first kappa shape index (κ1) is 18.7. The summed E-state index contributed by atoms with van der Waals surface area (Å²) < 4.78 is 27.3. The quantitative estimate of drug-likeness (QED) is 0.781. The van der Waals surface area contributed by atoms with Gasteiger partial charge in [-0.05, 0) is 37.1 Å². The molecule has 0 spiro atoms. The van der Waals surface area contributed by atoms with E-state index in [1.807, 2.05) is 16.3 Å². The van der Waals surface area contributed by atoms with Gasteiger partial charge in [0.05, 0.1) is 10.7 Å². The number of likely N-dealkylation sites (tertiary alicyclic amines) is 1. The molecule has 1 aliphatic heterocycles. The highest BCUT2D eigenvalue weighted by Gasteiger charge is 2.47. The van der Waals surface area contributed by atoms with Crippen molar-refractivity contribution in [2.24, 2.45) is 7.05 Å². The fraction of sp³-hybridized carbons (Fsp3) is 0.579. The summed E-state index contributed by atoms with van der Waals surface area (Å²) in [6.07, 6.45) is 8.06. The van der Waals surface area contributed by atoms with Gasteiger partial charge in [0.1, 0.15) is 0 Å². The zero-order chi connectivity index (χ0) is 19.1. The number of aromatic nitrogens is 2. The highest BCUT2D eigenvalue weighted by Crippen LogP contribution is 2.45. The van der Waals surface area contributed by atoms with Crippen LogP contribution in [0.15, 0.2) is 35.1 Å². The highest BCUT2D eigenvalue weighted by molar-refractivity contribution is 7.91. The molecular weight excluding hydrogens is 382 g/mol. The fourth-order valence-electron chi connectivity index (χ4n) is 4.54. The average Bonchev–Trinajstić information content (AvgIpc) is 3.42. The van der Waals surface area contributed by atoms with Crippen molar-refractivity contribution in [1.29, 1.82) is 0 Å². The summed E-state index contributed by atoms with van der Waals surface area (Å²) in [5.41, 5.74) is -0.389. The van der Waals surface area contributed by atoms with Crippen LogP contribution in [0.1, 0.15) is 43.4 Å². The topological polar surface area (TPSA) is 72.3 Å². The van der Waals surface area contributed by atoms with Crippen LogP contribution in [0.25, 0.3) is 0 Å². The van der Waals surface area contributed by atoms with Crippen molar-refractivity contribution in [2.75, 3.05) is 13.1 Å². The van der Waals surface area contributed by atoms with Gasteiger partial charge in [-0.15, -0.1) is 11.3 Å². The van der Waals surface area contributed by atoms with Gasteiger partial charge in [0.25, 0.3) is 0 Å². The molecule has 0 bridgehead atoms. The minimum Gasteiger partial charge on any atom is -0.342 e. The van der Waals surface area contributed by atoms with Crippen molar-refractivity contribution in [3.63, 3.8) is 0 Å². The lowest BCUT2D eigenvalue weighted by atomic mass is 9.82. The maximum atomic E-state index is 13.4. The molecule has 1 saturated heterocycles. The van der Waals surface area contributed by atoms with Gasteiger partial charge in [0.2, 0.25) is 20.9 Å². The van der Waals surface area contributed by atoms with Crippen LogP contribution in [0.5, 0.6) is 0 Å². The number of carbonyl (C=O) groups is 1. The van der Waals surface area contributed by atoms with Crippen LogP contribution < -0.4 is 0 Å². The van der Waals surface area contributed by atoms with Gasteiger partial charge in [-0.2, -0.15) is 0 Å². The van der Waals surface area contributed by atoms with E-state index in [4.69, 9.17) is 0 Å². The Labute approximate surface area is 164 Å². The Kier molecular flexibility index (Phi) is 4.88. The Morgan fingerprint density at radius 3 is 2.52 bits per heavy atom. The predicted molar refractivity (Wildman–Crippen MR) is 104 cm³/mol. The first-order valence-corrected chi connectivity index (χ1v) is 11.9. The number of hydrogen-bond donors (Lipinski definition) is 0. The van der Waals surface area contributed by atoms with Crippen molar-refractivity contribution in [1.82, 2.24) is 14.5 Å². The number of thiophene rings is 1. The Hall–Kier alpha value is -1.67. The largest absolute Gasteiger partial charge is 0.342 e. The van der Waals surface area contributed by atoms with E-state index in [9.17, 15) is 13.2 Å². The van der Waals surface area contributed by atoms with Crippen molar-refractivity contribution in [3.05, 3.63) is 34.8 Å². The summed E-state index contributed by atoms with van der Waals surface area (Å²) in [7, 11) is -1.76. The number of imidazole rings is 1. The van der Waals surface area contributed by atoms with Gasteiger partial charge in [0, 0.05) is 37.4 Å². The second-order valence-electron chi connectivity index (χ2n) is 7.62. The van der Waals surface area contributed by atoms with Gasteiger partial charge in [0.15, 0.2) is 0 Å². The van der Waals surface area contributed by atoms with Crippen molar-refractivity contribution < 1.29 is 13.2 Å². The molecule has 8 heteroatoms. The van der Waals surface area contributed by atoms with Crippen molar-refractivity contribution >= 4 is 27.1 Å². The van der Waals surface area contributed by atoms with Gasteiger partial charge in [-0.1, -0.05) is 18.9 Å². The smallest absolute Gasteiger partial charge is 0.234 e. The van der Waals surface area contributed by atoms with Gasteiger partial charge in [-0.25, -0.2) is 13.4 Å². The molecule has 1 saturated carbocycles. The summed E-state index contributed by atoms with van der Waals surface area (Å²) in [5.74, 6) is 0.190. The molecule has 2 aromatic heterocycles. The molecule has 4 rings (SSSR count). The van der Waals surface area contributed by atoms with E-state index in [2.05, 4.69) is 11.1 Å². The van der Waals surface area contributed by atoms with Crippen LogP contribution in [0.3, 0.4) is 0 Å². The van der Waals surface area contributed by atoms with E-state index in [1.165, 1.54) is 6.20 Å². The fourth-order valence-corrected chi connectivity index (χ4v) is 7.32. The van der Waals surface area contributed by atoms with E-state index in [0.29, 0.717) is 25.9 Å². The number of hydrogen-bond acceptors (Lipinski definition) is 5. The van der Waals surface area contributed by atoms with E-state index in [0.717, 1.165) is 30.6 Å². The zero-order valence-corrected chi connectivity index (χ0v) is 17.1. The summed E-state index contributed by atoms with van der Waals surface area (Å²) in [6, 6.07) is 4.09. The average molecular weight is 408 g/mol. The van der Waals surface area contributed by atoms with Crippen molar-refractivity contribution in [3.8, 4) is 0 Å². The highest BCUT2D eigenvalue weighted by atomic mass is 32.2. The molecule has 0 atom stereocenters. The van der Waals surface area contributed by atoms with Crippen LogP contribution in [-0.2, 0) is 27.1 Å². The summed E-state index contributed by atoms with van der Waals surface area (Å²) in [6.45, 7) is 1.00. The Morgan fingerprint density at radius 1 is 1.26 bits per heavy atom. The lowest BCUT2D eigenvalue weighted by Crippen LogP contribution is -2.50. The third kappa shape index (κ3) is 3.12. The van der Waals surface area contributed by atoms with Gasteiger partial charge in [-0.3, -0.25) is 4.79 Å². The number of carbonyl (C=O) groups excluding carboxylic acids is 1. The van der Waals surface area contributed by atoms with Crippen LogP contribution in [-0.4, -0.2) is 47.1 Å². The van der Waals surface area contributed by atoms with E-state index >= 15 is 0 Å². The number of piperidine rings is 1. The third-order valence-corrected chi connectivity index (χ3v) is 9.38. The molecule has 146 valence electrons. The zero-order valence-electron chi connectivity index (χ0n) is 15.5. The Bertz CT molecular complexity index is 904. The summed E-state index contributed by atoms with van der Waals surface area (Å²) in [5, 5.41) is 1.69. The minimum atomic E-state index is -3.46. The molecule has 6 nitrogen and oxygen atoms in total. The Balaban J connectivity index is 1.49. The van der Waals surface area contributed by atoms with Crippen LogP contribution in [0.2, 0.25) is 0 Å². The first-order valence-electron chi connectivity index (χ1n) is 9.50. The lowest BCUT2D eigenvalue weighted by Gasteiger charge is -2.38. The molecule has 3 heterocycles. The van der Waals surface area contributed by atoms with E-state index in [-0.39, 0.29) is 16.5 Å². The molecule has 0 radical (unpaired) electrons. The normalized spacial score (nSPS) is 20.9. The van der Waals surface area contributed by atoms with Crippen LogP contribution in [0.4, 0.5) is 0 Å². The maximum Gasteiger partial charge on any atom is 0.234 e.